The Kier molecular flexibility index (Phi) is 5.25. The van der Waals surface area contributed by atoms with Gasteiger partial charge in [-0.05, 0) is 32.0 Å². The van der Waals surface area contributed by atoms with Crippen LogP contribution in [0.5, 0.6) is 5.75 Å². The molecule has 0 fully saturated rings. The Morgan fingerprint density at radius 3 is 2.88 bits per heavy atom. The third kappa shape index (κ3) is 4.24. The molecule has 1 amide bonds. The van der Waals surface area contributed by atoms with E-state index in [0.29, 0.717) is 18.2 Å². The van der Waals surface area contributed by atoms with E-state index in [1.165, 1.54) is 12.1 Å². The van der Waals surface area contributed by atoms with Crippen molar-refractivity contribution in [1.82, 2.24) is 5.32 Å². The van der Waals surface area contributed by atoms with Crippen molar-refractivity contribution in [3.63, 3.8) is 0 Å². The van der Waals surface area contributed by atoms with Gasteiger partial charge in [-0.3, -0.25) is 4.79 Å². The number of ether oxygens (including phenoxy) is 1. The van der Waals surface area contributed by atoms with E-state index in [1.807, 2.05) is 13.8 Å². The maximum atomic E-state index is 11.8. The average Bonchev–Trinajstić information content (AvgIpc) is 2.26. The molecule has 1 atom stereocenters. The molecule has 0 bridgehead atoms. The van der Waals surface area contributed by atoms with Gasteiger partial charge < -0.3 is 15.2 Å². The molecule has 0 aliphatic rings. The van der Waals surface area contributed by atoms with Gasteiger partial charge in [-0.1, -0.05) is 11.6 Å². The molecule has 0 aliphatic heterocycles. The highest BCUT2D eigenvalue weighted by Crippen LogP contribution is 2.21. The molecule has 1 rings (SSSR count). The maximum Gasteiger partial charge on any atom is 0.255 e. The van der Waals surface area contributed by atoms with E-state index >= 15 is 0 Å². The fourth-order valence-corrected chi connectivity index (χ4v) is 1.50. The number of phenols is 1. The van der Waals surface area contributed by atoms with E-state index in [9.17, 15) is 9.90 Å². The quantitative estimate of drug-likeness (QED) is 0.850. The van der Waals surface area contributed by atoms with Gasteiger partial charge in [-0.2, -0.15) is 0 Å². The van der Waals surface area contributed by atoms with Crippen molar-refractivity contribution in [2.24, 2.45) is 0 Å². The number of halogens is 1. The molecule has 0 aliphatic carbocycles. The van der Waals surface area contributed by atoms with Gasteiger partial charge in [0.25, 0.3) is 5.91 Å². The summed E-state index contributed by atoms with van der Waals surface area (Å²) < 4.78 is 5.18. The van der Waals surface area contributed by atoms with Crippen LogP contribution in [0.1, 0.15) is 24.2 Å². The normalized spacial score (nSPS) is 12.2. The highest BCUT2D eigenvalue weighted by atomic mass is 35.5. The van der Waals surface area contributed by atoms with Gasteiger partial charge >= 0.3 is 0 Å². The first kappa shape index (κ1) is 13.8. The standard InChI is InChI=1S/C12H16ClNO3/c1-3-17-7-8(2)14-12(16)10-5-4-9(13)6-11(10)15/h4-6,8,15H,3,7H2,1-2H3,(H,14,16). The fourth-order valence-electron chi connectivity index (χ4n) is 1.33. The Morgan fingerprint density at radius 1 is 1.59 bits per heavy atom. The van der Waals surface area contributed by atoms with Crippen molar-refractivity contribution < 1.29 is 14.6 Å². The number of phenolic OH excluding ortho intramolecular Hbond substituents is 1. The van der Waals surface area contributed by atoms with Crippen LogP contribution < -0.4 is 5.32 Å². The molecule has 0 saturated heterocycles. The van der Waals surface area contributed by atoms with E-state index < -0.39 is 0 Å². The van der Waals surface area contributed by atoms with Gasteiger partial charge in [-0.15, -0.1) is 0 Å². The summed E-state index contributed by atoms with van der Waals surface area (Å²) in [5.74, 6) is -0.468. The van der Waals surface area contributed by atoms with Crippen molar-refractivity contribution in [2.45, 2.75) is 19.9 Å². The molecule has 0 spiro atoms. The smallest absolute Gasteiger partial charge is 0.255 e. The minimum Gasteiger partial charge on any atom is -0.507 e. The number of nitrogens with one attached hydrogen (secondary N) is 1. The van der Waals surface area contributed by atoms with Crippen molar-refractivity contribution in [1.29, 1.82) is 0 Å². The van der Waals surface area contributed by atoms with Crippen LogP contribution in [-0.2, 0) is 4.74 Å². The first-order chi connectivity index (χ1) is 8.04. The highest BCUT2D eigenvalue weighted by Gasteiger charge is 2.13. The van der Waals surface area contributed by atoms with Crippen molar-refractivity contribution in [2.75, 3.05) is 13.2 Å². The minimum absolute atomic E-state index is 0.113. The maximum absolute atomic E-state index is 11.8. The van der Waals surface area contributed by atoms with Crippen LogP contribution in [-0.4, -0.2) is 30.3 Å². The molecule has 4 nitrogen and oxygen atoms in total. The molecule has 1 unspecified atom stereocenters. The Bertz CT molecular complexity index is 395. The molecule has 17 heavy (non-hydrogen) atoms. The summed E-state index contributed by atoms with van der Waals surface area (Å²) in [6, 6.07) is 4.27. The second-order valence-corrected chi connectivity index (χ2v) is 4.13. The zero-order valence-corrected chi connectivity index (χ0v) is 10.6. The van der Waals surface area contributed by atoms with E-state index in [4.69, 9.17) is 16.3 Å². The zero-order chi connectivity index (χ0) is 12.8. The molecule has 1 aromatic carbocycles. The zero-order valence-electron chi connectivity index (χ0n) is 9.87. The summed E-state index contributed by atoms with van der Waals surface area (Å²) in [5, 5.41) is 12.7. The lowest BCUT2D eigenvalue weighted by Gasteiger charge is -2.14. The van der Waals surface area contributed by atoms with Crippen molar-refractivity contribution in [3.05, 3.63) is 28.8 Å². The van der Waals surface area contributed by atoms with Crippen LogP contribution >= 0.6 is 11.6 Å². The van der Waals surface area contributed by atoms with Gasteiger partial charge in [0, 0.05) is 17.7 Å². The molecule has 1 aromatic rings. The van der Waals surface area contributed by atoms with Crippen molar-refractivity contribution in [3.8, 4) is 5.75 Å². The number of carbonyl (C=O) groups excluding carboxylic acids is 1. The SMILES string of the molecule is CCOCC(C)NC(=O)c1ccc(Cl)cc1O. The molecule has 94 valence electrons. The molecule has 5 heteroatoms. The third-order valence-electron chi connectivity index (χ3n) is 2.15. The number of rotatable bonds is 5. The molecule has 2 N–H and O–H groups in total. The van der Waals surface area contributed by atoms with Crippen LogP contribution in [0.25, 0.3) is 0 Å². The summed E-state index contributed by atoms with van der Waals surface area (Å²) >= 11 is 5.68. The lowest BCUT2D eigenvalue weighted by Crippen LogP contribution is -2.35. The van der Waals surface area contributed by atoms with E-state index in [-0.39, 0.29) is 23.3 Å². The summed E-state index contributed by atoms with van der Waals surface area (Å²) in [7, 11) is 0. The van der Waals surface area contributed by atoms with Gasteiger partial charge in [0.05, 0.1) is 12.2 Å². The number of benzene rings is 1. The Hall–Kier alpha value is -1.26. The number of hydrogen-bond acceptors (Lipinski definition) is 3. The minimum atomic E-state index is -0.341. The highest BCUT2D eigenvalue weighted by molar-refractivity contribution is 6.30. The Balaban J connectivity index is 2.63. The molecule has 0 heterocycles. The second-order valence-electron chi connectivity index (χ2n) is 3.70. The third-order valence-corrected chi connectivity index (χ3v) is 2.39. The second kappa shape index (κ2) is 6.47. The van der Waals surface area contributed by atoms with Gasteiger partial charge in [-0.25, -0.2) is 0 Å². The molecular weight excluding hydrogens is 242 g/mol. The molecule has 0 saturated carbocycles. The monoisotopic (exact) mass is 257 g/mol. The first-order valence-corrected chi connectivity index (χ1v) is 5.79. The van der Waals surface area contributed by atoms with Crippen molar-refractivity contribution >= 4 is 17.5 Å². The number of carbonyl (C=O) groups is 1. The van der Waals surface area contributed by atoms with Crippen LogP contribution in [0.3, 0.4) is 0 Å². The largest absolute Gasteiger partial charge is 0.507 e. The predicted octanol–water partition coefficient (Wildman–Crippen LogP) is 2.20. The summed E-state index contributed by atoms with van der Waals surface area (Å²) in [6.45, 7) is 4.77. The van der Waals surface area contributed by atoms with E-state index in [0.717, 1.165) is 0 Å². The Morgan fingerprint density at radius 2 is 2.29 bits per heavy atom. The topological polar surface area (TPSA) is 58.6 Å². The van der Waals surface area contributed by atoms with Crippen LogP contribution in [0.4, 0.5) is 0 Å². The number of amides is 1. The fraction of sp³-hybridized carbons (Fsp3) is 0.417. The van der Waals surface area contributed by atoms with Gasteiger partial charge in [0.15, 0.2) is 0 Å². The molecular formula is C12H16ClNO3. The number of aromatic hydroxyl groups is 1. The van der Waals surface area contributed by atoms with E-state index in [2.05, 4.69) is 5.32 Å². The predicted molar refractivity (Wildman–Crippen MR) is 66.5 cm³/mol. The van der Waals surface area contributed by atoms with Gasteiger partial charge in [0.2, 0.25) is 0 Å². The summed E-state index contributed by atoms with van der Waals surface area (Å²) in [4.78, 5) is 11.8. The first-order valence-electron chi connectivity index (χ1n) is 5.41. The lowest BCUT2D eigenvalue weighted by atomic mass is 10.2. The van der Waals surface area contributed by atoms with E-state index in [1.54, 1.807) is 6.07 Å². The number of hydrogen-bond donors (Lipinski definition) is 2. The average molecular weight is 258 g/mol. The van der Waals surface area contributed by atoms with Crippen LogP contribution in [0.15, 0.2) is 18.2 Å². The summed E-state index contributed by atoms with van der Waals surface area (Å²) in [6.07, 6.45) is 0. The Labute approximate surface area is 106 Å². The molecule has 0 radical (unpaired) electrons. The lowest BCUT2D eigenvalue weighted by molar-refractivity contribution is 0.0869. The summed E-state index contributed by atoms with van der Waals surface area (Å²) in [5.41, 5.74) is 0.206. The molecule has 0 aromatic heterocycles. The van der Waals surface area contributed by atoms with Crippen LogP contribution in [0.2, 0.25) is 5.02 Å². The van der Waals surface area contributed by atoms with Gasteiger partial charge in [0.1, 0.15) is 5.75 Å². The van der Waals surface area contributed by atoms with Crippen LogP contribution in [0, 0.1) is 0 Å².